The topological polar surface area (TPSA) is 35.2 Å². The zero-order valence-corrected chi connectivity index (χ0v) is 10.9. The predicted octanol–water partition coefficient (Wildman–Crippen LogP) is 3.42. The zero-order valence-electron chi connectivity index (χ0n) is 10.9. The summed E-state index contributed by atoms with van der Waals surface area (Å²) < 4.78 is 5.44. The minimum Gasteiger partial charge on any atom is -0.496 e. The largest absolute Gasteiger partial charge is 0.496 e. The minimum atomic E-state index is 0.360. The van der Waals surface area contributed by atoms with Gasteiger partial charge in [-0.15, -0.1) is 0 Å². The molecule has 2 N–H and O–H groups in total. The van der Waals surface area contributed by atoms with E-state index >= 15 is 0 Å². The summed E-state index contributed by atoms with van der Waals surface area (Å²) in [5, 5.41) is 0. The van der Waals surface area contributed by atoms with Crippen molar-refractivity contribution in [3.63, 3.8) is 0 Å². The van der Waals surface area contributed by atoms with Gasteiger partial charge in [-0.25, -0.2) is 0 Å². The lowest BCUT2D eigenvalue weighted by Crippen LogP contribution is -2.08. The molecule has 2 nitrogen and oxygen atoms in total. The molecule has 2 aromatic carbocycles. The summed E-state index contributed by atoms with van der Waals surface area (Å²) in [7, 11) is 1.70. The molecule has 18 heavy (non-hydrogen) atoms. The standard InChI is InChI=1S/C16H19NO/c1-12(11-17)14-8-9-16(18-2)15(10-14)13-6-4-3-5-7-13/h3-10,12H,11,17H2,1-2H3. The molecule has 0 fully saturated rings. The molecule has 1 atom stereocenters. The Morgan fingerprint density at radius 3 is 2.44 bits per heavy atom. The van der Waals surface area contributed by atoms with Gasteiger partial charge in [0.15, 0.2) is 0 Å². The van der Waals surface area contributed by atoms with Crippen LogP contribution in [-0.4, -0.2) is 13.7 Å². The SMILES string of the molecule is COc1ccc(C(C)CN)cc1-c1ccccc1. The molecule has 2 rings (SSSR count). The van der Waals surface area contributed by atoms with Crippen molar-refractivity contribution in [3.8, 4) is 16.9 Å². The van der Waals surface area contributed by atoms with Gasteiger partial charge in [0.1, 0.15) is 5.75 Å². The van der Waals surface area contributed by atoms with E-state index in [1.54, 1.807) is 7.11 Å². The Balaban J connectivity index is 2.50. The fraction of sp³-hybridized carbons (Fsp3) is 0.250. The molecule has 0 aliphatic carbocycles. The van der Waals surface area contributed by atoms with Crippen LogP contribution >= 0.6 is 0 Å². The van der Waals surface area contributed by atoms with Crippen LogP contribution in [0.15, 0.2) is 48.5 Å². The van der Waals surface area contributed by atoms with Gasteiger partial charge in [-0.3, -0.25) is 0 Å². The van der Waals surface area contributed by atoms with Gasteiger partial charge in [-0.1, -0.05) is 43.3 Å². The number of methoxy groups -OCH3 is 1. The van der Waals surface area contributed by atoms with E-state index in [-0.39, 0.29) is 0 Å². The first-order valence-corrected chi connectivity index (χ1v) is 6.19. The van der Waals surface area contributed by atoms with Gasteiger partial charge in [0.05, 0.1) is 7.11 Å². The van der Waals surface area contributed by atoms with Crippen LogP contribution in [0.5, 0.6) is 5.75 Å². The third-order valence-electron chi connectivity index (χ3n) is 3.23. The normalized spacial score (nSPS) is 12.2. The first kappa shape index (κ1) is 12.7. The van der Waals surface area contributed by atoms with E-state index in [1.807, 2.05) is 24.3 Å². The Hall–Kier alpha value is -1.80. The lowest BCUT2D eigenvalue weighted by Gasteiger charge is -2.14. The second-order valence-corrected chi connectivity index (χ2v) is 4.46. The maximum Gasteiger partial charge on any atom is 0.126 e. The van der Waals surface area contributed by atoms with Crippen LogP contribution < -0.4 is 10.5 Å². The second-order valence-electron chi connectivity index (χ2n) is 4.46. The summed E-state index contributed by atoms with van der Waals surface area (Å²) in [5.41, 5.74) is 9.27. The first-order valence-electron chi connectivity index (χ1n) is 6.19. The molecule has 0 saturated heterocycles. The molecule has 2 aromatic rings. The van der Waals surface area contributed by atoms with E-state index in [2.05, 4.69) is 31.2 Å². The van der Waals surface area contributed by atoms with Crippen molar-refractivity contribution in [1.29, 1.82) is 0 Å². The van der Waals surface area contributed by atoms with Crippen LogP contribution in [-0.2, 0) is 0 Å². The number of benzene rings is 2. The zero-order chi connectivity index (χ0) is 13.0. The maximum absolute atomic E-state index is 5.73. The third-order valence-corrected chi connectivity index (χ3v) is 3.23. The van der Waals surface area contributed by atoms with Crippen LogP contribution in [0.25, 0.3) is 11.1 Å². The molecule has 0 heterocycles. The smallest absolute Gasteiger partial charge is 0.126 e. The highest BCUT2D eigenvalue weighted by molar-refractivity contribution is 5.71. The first-order chi connectivity index (χ1) is 8.76. The lowest BCUT2D eigenvalue weighted by molar-refractivity contribution is 0.416. The molecule has 0 aliphatic rings. The summed E-state index contributed by atoms with van der Waals surface area (Å²) >= 11 is 0. The molecule has 94 valence electrons. The number of hydrogen-bond donors (Lipinski definition) is 1. The molecule has 0 amide bonds. The minimum absolute atomic E-state index is 0.360. The Bertz CT molecular complexity index is 508. The highest BCUT2D eigenvalue weighted by Gasteiger charge is 2.09. The number of hydrogen-bond acceptors (Lipinski definition) is 2. The van der Waals surface area contributed by atoms with E-state index in [1.165, 1.54) is 11.1 Å². The van der Waals surface area contributed by atoms with Crippen LogP contribution in [0.3, 0.4) is 0 Å². The molecular weight excluding hydrogens is 222 g/mol. The third kappa shape index (κ3) is 2.54. The predicted molar refractivity (Wildman–Crippen MR) is 75.9 cm³/mol. The van der Waals surface area contributed by atoms with Gasteiger partial charge < -0.3 is 10.5 Å². The molecule has 0 aromatic heterocycles. The Morgan fingerprint density at radius 1 is 1.11 bits per heavy atom. The van der Waals surface area contributed by atoms with E-state index in [0.29, 0.717) is 12.5 Å². The van der Waals surface area contributed by atoms with Crippen molar-refractivity contribution in [2.75, 3.05) is 13.7 Å². The van der Waals surface area contributed by atoms with E-state index in [9.17, 15) is 0 Å². The van der Waals surface area contributed by atoms with Crippen molar-refractivity contribution >= 4 is 0 Å². The van der Waals surface area contributed by atoms with Gasteiger partial charge in [-0.05, 0) is 35.7 Å². The molecule has 2 heteroatoms. The number of nitrogens with two attached hydrogens (primary N) is 1. The molecule has 0 aliphatic heterocycles. The van der Waals surface area contributed by atoms with Gasteiger partial charge in [0.2, 0.25) is 0 Å². The van der Waals surface area contributed by atoms with E-state index in [4.69, 9.17) is 10.5 Å². The lowest BCUT2D eigenvalue weighted by atomic mass is 9.95. The highest BCUT2D eigenvalue weighted by atomic mass is 16.5. The molecule has 0 radical (unpaired) electrons. The summed E-state index contributed by atoms with van der Waals surface area (Å²) in [6.07, 6.45) is 0. The Kier molecular flexibility index (Phi) is 4.00. The molecule has 0 bridgehead atoms. The van der Waals surface area contributed by atoms with Crippen LogP contribution in [0, 0.1) is 0 Å². The van der Waals surface area contributed by atoms with Crippen LogP contribution in [0.4, 0.5) is 0 Å². The van der Waals surface area contributed by atoms with Crippen molar-refractivity contribution in [3.05, 3.63) is 54.1 Å². The number of ether oxygens (including phenoxy) is 1. The Labute approximate surface area is 108 Å². The van der Waals surface area contributed by atoms with Crippen molar-refractivity contribution < 1.29 is 4.74 Å². The van der Waals surface area contributed by atoms with Gasteiger partial charge in [0.25, 0.3) is 0 Å². The monoisotopic (exact) mass is 241 g/mol. The summed E-state index contributed by atoms with van der Waals surface area (Å²) in [4.78, 5) is 0. The van der Waals surface area contributed by atoms with Crippen LogP contribution in [0.2, 0.25) is 0 Å². The summed E-state index contributed by atoms with van der Waals surface area (Å²) in [6, 6.07) is 16.5. The van der Waals surface area contributed by atoms with Crippen molar-refractivity contribution in [2.45, 2.75) is 12.8 Å². The molecule has 0 saturated carbocycles. The van der Waals surface area contributed by atoms with Crippen molar-refractivity contribution in [1.82, 2.24) is 0 Å². The highest BCUT2D eigenvalue weighted by Crippen LogP contribution is 2.32. The van der Waals surface area contributed by atoms with Gasteiger partial charge >= 0.3 is 0 Å². The van der Waals surface area contributed by atoms with Gasteiger partial charge in [-0.2, -0.15) is 0 Å². The summed E-state index contributed by atoms with van der Waals surface area (Å²) in [5.74, 6) is 1.26. The average Bonchev–Trinajstić information content (AvgIpc) is 2.46. The van der Waals surface area contributed by atoms with E-state index < -0.39 is 0 Å². The average molecular weight is 241 g/mol. The quantitative estimate of drug-likeness (QED) is 0.890. The van der Waals surface area contributed by atoms with Crippen LogP contribution in [0.1, 0.15) is 18.4 Å². The van der Waals surface area contributed by atoms with Gasteiger partial charge in [0, 0.05) is 5.56 Å². The maximum atomic E-state index is 5.73. The molecule has 1 unspecified atom stereocenters. The fourth-order valence-electron chi connectivity index (χ4n) is 2.01. The molecule has 0 spiro atoms. The molecular formula is C16H19NO. The van der Waals surface area contributed by atoms with Crippen molar-refractivity contribution in [2.24, 2.45) is 5.73 Å². The summed E-state index contributed by atoms with van der Waals surface area (Å²) in [6.45, 7) is 2.79. The number of rotatable bonds is 4. The second kappa shape index (κ2) is 5.69. The van der Waals surface area contributed by atoms with E-state index in [0.717, 1.165) is 11.3 Å². The Morgan fingerprint density at radius 2 is 1.83 bits per heavy atom. The fourth-order valence-corrected chi connectivity index (χ4v) is 2.01.